The zero-order valence-corrected chi connectivity index (χ0v) is 18.7. The summed E-state index contributed by atoms with van der Waals surface area (Å²) in [5.74, 6) is 0.877. The van der Waals surface area contributed by atoms with Crippen molar-refractivity contribution < 1.29 is 4.79 Å². The van der Waals surface area contributed by atoms with Gasteiger partial charge in [0, 0.05) is 31.7 Å². The Kier molecular flexibility index (Phi) is 5.23. The van der Waals surface area contributed by atoms with Gasteiger partial charge in [-0.2, -0.15) is 4.98 Å². The molecule has 3 aromatic rings. The lowest BCUT2D eigenvalue weighted by atomic mass is 9.93. The molecule has 0 radical (unpaired) electrons. The third kappa shape index (κ3) is 3.38. The first-order valence-electron chi connectivity index (χ1n) is 11.5. The van der Waals surface area contributed by atoms with Gasteiger partial charge >= 0.3 is 5.69 Å². The molecule has 1 aliphatic carbocycles. The zero-order chi connectivity index (χ0) is 22.4. The summed E-state index contributed by atoms with van der Waals surface area (Å²) in [6, 6.07) is 9.17. The van der Waals surface area contributed by atoms with Gasteiger partial charge < -0.3 is 9.47 Å². The SMILES string of the molecule is C[C@@H]1CN(C2CCCCC2)c2nc3c(c(=O)n(CC(=O)c4ccccc4)c(=O)n3C)n2C1. The molecule has 8 heteroatoms. The Morgan fingerprint density at radius 3 is 2.50 bits per heavy atom. The molecule has 3 heterocycles. The molecular weight excluding hydrogens is 406 g/mol. The summed E-state index contributed by atoms with van der Waals surface area (Å²) in [6.07, 6.45) is 5.95. The van der Waals surface area contributed by atoms with Crippen molar-refractivity contribution in [1.82, 2.24) is 18.7 Å². The van der Waals surface area contributed by atoms with E-state index >= 15 is 0 Å². The first kappa shape index (κ1) is 20.7. The molecule has 0 N–H and O–H groups in total. The number of carbonyl (C=O) groups is 1. The Morgan fingerprint density at radius 1 is 1.06 bits per heavy atom. The van der Waals surface area contributed by atoms with E-state index < -0.39 is 11.2 Å². The number of benzene rings is 1. The van der Waals surface area contributed by atoms with Crippen molar-refractivity contribution in [3.63, 3.8) is 0 Å². The van der Waals surface area contributed by atoms with Crippen LogP contribution in [-0.2, 0) is 20.1 Å². The lowest BCUT2D eigenvalue weighted by Crippen LogP contribution is -2.45. The minimum Gasteiger partial charge on any atom is -0.339 e. The van der Waals surface area contributed by atoms with Crippen LogP contribution in [0.3, 0.4) is 0 Å². The van der Waals surface area contributed by atoms with Gasteiger partial charge in [-0.3, -0.25) is 18.7 Å². The van der Waals surface area contributed by atoms with E-state index in [1.165, 1.54) is 23.8 Å². The summed E-state index contributed by atoms with van der Waals surface area (Å²) in [6.45, 7) is 3.48. The average Bonchev–Trinajstić information content (AvgIpc) is 3.20. The number of rotatable bonds is 4. The van der Waals surface area contributed by atoms with Crippen molar-refractivity contribution in [2.75, 3.05) is 11.4 Å². The molecule has 32 heavy (non-hydrogen) atoms. The number of hydrogen-bond donors (Lipinski definition) is 0. The van der Waals surface area contributed by atoms with Gasteiger partial charge in [0.1, 0.15) is 0 Å². The summed E-state index contributed by atoms with van der Waals surface area (Å²) < 4.78 is 4.43. The highest BCUT2D eigenvalue weighted by Gasteiger charge is 2.33. The number of imidazole rings is 1. The fourth-order valence-electron chi connectivity index (χ4n) is 5.24. The molecule has 1 fully saturated rings. The lowest BCUT2D eigenvalue weighted by molar-refractivity contribution is 0.0969. The van der Waals surface area contributed by atoms with E-state index in [0.29, 0.717) is 35.2 Å². The first-order chi connectivity index (χ1) is 15.5. The van der Waals surface area contributed by atoms with Crippen LogP contribution in [0.25, 0.3) is 11.2 Å². The Hall–Kier alpha value is -3.16. The molecule has 8 nitrogen and oxygen atoms in total. The summed E-state index contributed by atoms with van der Waals surface area (Å²) in [4.78, 5) is 46.5. The predicted octanol–water partition coefficient (Wildman–Crippen LogP) is 2.57. The van der Waals surface area contributed by atoms with Gasteiger partial charge in [0.05, 0.1) is 6.54 Å². The number of nitrogens with zero attached hydrogens (tertiary/aromatic N) is 5. The highest BCUT2D eigenvalue weighted by molar-refractivity contribution is 5.95. The molecule has 5 rings (SSSR count). The normalized spacial score (nSPS) is 19.3. The molecule has 0 saturated heterocycles. The zero-order valence-electron chi connectivity index (χ0n) is 18.7. The van der Waals surface area contributed by atoms with Crippen molar-refractivity contribution >= 4 is 22.9 Å². The van der Waals surface area contributed by atoms with Crippen LogP contribution in [0.2, 0.25) is 0 Å². The van der Waals surface area contributed by atoms with Gasteiger partial charge in [0.15, 0.2) is 16.9 Å². The maximum Gasteiger partial charge on any atom is 0.332 e. The number of hydrogen-bond acceptors (Lipinski definition) is 5. The Balaban J connectivity index is 1.63. The van der Waals surface area contributed by atoms with Crippen LogP contribution in [0.5, 0.6) is 0 Å². The number of carbonyl (C=O) groups excluding carboxylic acids is 1. The second-order valence-corrected chi connectivity index (χ2v) is 9.27. The van der Waals surface area contributed by atoms with Crippen molar-refractivity contribution in [2.24, 2.45) is 13.0 Å². The smallest absolute Gasteiger partial charge is 0.332 e. The first-order valence-corrected chi connectivity index (χ1v) is 11.5. The van der Waals surface area contributed by atoms with E-state index in [9.17, 15) is 14.4 Å². The Morgan fingerprint density at radius 2 is 1.78 bits per heavy atom. The minimum atomic E-state index is -0.514. The Bertz CT molecular complexity index is 1280. The van der Waals surface area contributed by atoms with Crippen LogP contribution in [0, 0.1) is 5.92 Å². The van der Waals surface area contributed by atoms with Crippen LogP contribution < -0.4 is 16.1 Å². The monoisotopic (exact) mass is 435 g/mol. The third-order valence-corrected chi connectivity index (χ3v) is 6.88. The molecular formula is C24H29N5O3. The second kappa shape index (κ2) is 8.07. The van der Waals surface area contributed by atoms with Crippen LogP contribution in [-0.4, -0.2) is 37.1 Å². The number of fused-ring (bicyclic) bond motifs is 3. The molecule has 0 bridgehead atoms. The van der Waals surface area contributed by atoms with Gasteiger partial charge in [0.25, 0.3) is 5.56 Å². The van der Waals surface area contributed by atoms with Gasteiger partial charge in [-0.05, 0) is 18.8 Å². The summed E-state index contributed by atoms with van der Waals surface area (Å²) >= 11 is 0. The van der Waals surface area contributed by atoms with Crippen molar-refractivity contribution in [1.29, 1.82) is 0 Å². The van der Waals surface area contributed by atoms with E-state index in [0.717, 1.165) is 29.9 Å². The number of aryl methyl sites for hydroxylation is 1. The largest absolute Gasteiger partial charge is 0.339 e. The van der Waals surface area contributed by atoms with Gasteiger partial charge in [-0.15, -0.1) is 0 Å². The fourth-order valence-corrected chi connectivity index (χ4v) is 5.24. The third-order valence-electron chi connectivity index (χ3n) is 6.88. The number of Topliss-reactive ketones (excluding diaryl/α,β-unsaturated/α-hetero) is 1. The number of ketones is 1. The molecule has 2 aromatic heterocycles. The highest BCUT2D eigenvalue weighted by Crippen LogP contribution is 2.32. The van der Waals surface area contributed by atoms with Crippen molar-refractivity contribution in [3.05, 3.63) is 56.7 Å². The standard InChI is InChI=1S/C24H29N5O3/c1-16-13-27(18-11-7-4-8-12-18)23-25-21-20(28(23)14-16)22(31)29(24(32)26(21)2)15-19(30)17-9-5-3-6-10-17/h3,5-6,9-10,16,18H,4,7-8,11-15H2,1-2H3/t16-/m1/s1. The van der Waals surface area contributed by atoms with Gasteiger partial charge in [0.2, 0.25) is 5.95 Å². The van der Waals surface area contributed by atoms with Crippen LogP contribution in [0.1, 0.15) is 49.4 Å². The molecule has 1 aliphatic heterocycles. The molecule has 0 spiro atoms. The maximum absolute atomic E-state index is 13.5. The average molecular weight is 436 g/mol. The van der Waals surface area contributed by atoms with Crippen LogP contribution in [0.15, 0.2) is 39.9 Å². The highest BCUT2D eigenvalue weighted by atomic mass is 16.2. The molecule has 1 atom stereocenters. The van der Waals surface area contributed by atoms with E-state index in [-0.39, 0.29) is 12.3 Å². The summed E-state index contributed by atoms with van der Waals surface area (Å²) in [5, 5.41) is 0. The van der Waals surface area contributed by atoms with Crippen molar-refractivity contribution in [2.45, 2.75) is 58.2 Å². The lowest BCUT2D eigenvalue weighted by Gasteiger charge is -2.40. The van der Waals surface area contributed by atoms with Crippen LogP contribution >= 0.6 is 0 Å². The van der Waals surface area contributed by atoms with Crippen LogP contribution in [0.4, 0.5) is 5.95 Å². The van der Waals surface area contributed by atoms with E-state index in [4.69, 9.17) is 4.98 Å². The second-order valence-electron chi connectivity index (χ2n) is 9.27. The minimum absolute atomic E-state index is 0.264. The number of aromatic nitrogens is 4. The quantitative estimate of drug-likeness (QED) is 0.589. The fraction of sp³-hybridized carbons (Fsp3) is 0.500. The molecule has 168 valence electrons. The topological polar surface area (TPSA) is 82.1 Å². The molecule has 1 saturated carbocycles. The maximum atomic E-state index is 13.5. The van der Waals surface area contributed by atoms with Gasteiger partial charge in [-0.1, -0.05) is 56.5 Å². The molecule has 2 aliphatic rings. The molecule has 1 aromatic carbocycles. The van der Waals surface area contributed by atoms with Crippen molar-refractivity contribution in [3.8, 4) is 0 Å². The molecule has 0 amide bonds. The summed E-state index contributed by atoms with van der Waals surface area (Å²) in [5.41, 5.74) is 0.334. The van der Waals surface area contributed by atoms with E-state index in [2.05, 4.69) is 11.8 Å². The predicted molar refractivity (Wildman–Crippen MR) is 123 cm³/mol. The Labute approximate surface area is 186 Å². The van der Waals surface area contributed by atoms with E-state index in [1.807, 2.05) is 10.6 Å². The molecule has 0 unspecified atom stereocenters. The van der Waals surface area contributed by atoms with E-state index in [1.54, 1.807) is 31.3 Å². The number of anilines is 1. The summed E-state index contributed by atoms with van der Waals surface area (Å²) in [7, 11) is 1.63. The van der Waals surface area contributed by atoms with Gasteiger partial charge in [-0.25, -0.2) is 4.79 Å².